The lowest BCUT2D eigenvalue weighted by Gasteiger charge is -2.23. The fraction of sp³-hybridized carbons (Fsp3) is 0.650. The van der Waals surface area contributed by atoms with Crippen LogP contribution in [0.15, 0.2) is 24.3 Å². The van der Waals surface area contributed by atoms with E-state index in [2.05, 4.69) is 13.8 Å². The maximum atomic E-state index is 12.3. The van der Waals surface area contributed by atoms with Gasteiger partial charge in [-0.2, -0.15) is 0 Å². The number of alkyl halides is 2. The highest BCUT2D eigenvalue weighted by Crippen LogP contribution is 2.16. The molecule has 4 nitrogen and oxygen atoms in total. The Morgan fingerprint density at radius 1 is 1.00 bits per heavy atom. The smallest absolute Gasteiger partial charge is 0.256 e. The zero-order valence-electron chi connectivity index (χ0n) is 15.9. The maximum absolute atomic E-state index is 12.3. The standard InChI is InChI=1S/C20H31Cl2NO3/c1-3-5-13-25-14-7-12-23(20(24)19(21)22)16-17-8-10-18(11-9-17)26-15-6-4-2/h8-11,19H,3-7,12-16H2,1-2H3. The molecule has 0 N–H and O–H groups in total. The minimum atomic E-state index is -1.05. The number of carbonyl (C=O) groups is 1. The number of unbranched alkanes of at least 4 members (excludes halogenated alkanes) is 2. The van der Waals surface area contributed by atoms with Gasteiger partial charge in [-0.25, -0.2) is 0 Å². The van der Waals surface area contributed by atoms with Gasteiger partial charge in [-0.1, -0.05) is 62.0 Å². The molecule has 0 aliphatic rings. The molecule has 6 heteroatoms. The Kier molecular flexibility index (Phi) is 12.5. The lowest BCUT2D eigenvalue weighted by atomic mass is 10.2. The number of carbonyl (C=O) groups excluding carboxylic acids is 1. The molecule has 1 aromatic rings. The number of benzene rings is 1. The quantitative estimate of drug-likeness (QED) is 0.316. The van der Waals surface area contributed by atoms with Gasteiger partial charge in [0.15, 0.2) is 4.84 Å². The number of amides is 1. The second-order valence-corrected chi connectivity index (χ2v) is 7.32. The third-order valence-corrected chi connectivity index (χ3v) is 4.29. The Labute approximate surface area is 167 Å². The van der Waals surface area contributed by atoms with Crippen molar-refractivity contribution in [2.75, 3.05) is 26.4 Å². The van der Waals surface area contributed by atoms with Crippen LogP contribution >= 0.6 is 23.2 Å². The summed E-state index contributed by atoms with van der Waals surface area (Å²) in [5, 5.41) is 0. The number of ether oxygens (including phenoxy) is 2. The van der Waals surface area contributed by atoms with E-state index in [-0.39, 0.29) is 5.91 Å². The molecular formula is C20H31Cl2NO3. The van der Waals surface area contributed by atoms with E-state index in [1.54, 1.807) is 4.90 Å². The van der Waals surface area contributed by atoms with Crippen LogP contribution in [0, 0.1) is 0 Å². The van der Waals surface area contributed by atoms with Crippen LogP contribution in [0.4, 0.5) is 0 Å². The van der Waals surface area contributed by atoms with Crippen LogP contribution in [0.1, 0.15) is 51.5 Å². The van der Waals surface area contributed by atoms with Crippen LogP contribution in [0.2, 0.25) is 0 Å². The van der Waals surface area contributed by atoms with Crippen LogP contribution in [-0.4, -0.2) is 42.0 Å². The molecule has 0 atom stereocenters. The fourth-order valence-electron chi connectivity index (χ4n) is 2.36. The van der Waals surface area contributed by atoms with Crippen molar-refractivity contribution in [3.05, 3.63) is 29.8 Å². The first-order valence-electron chi connectivity index (χ1n) is 9.44. The molecule has 0 aliphatic heterocycles. The van der Waals surface area contributed by atoms with E-state index in [0.29, 0.717) is 19.7 Å². The number of halogens is 2. The van der Waals surface area contributed by atoms with Crippen molar-refractivity contribution >= 4 is 29.1 Å². The topological polar surface area (TPSA) is 38.8 Å². The summed E-state index contributed by atoms with van der Waals surface area (Å²) in [5.41, 5.74) is 1.02. The lowest BCUT2D eigenvalue weighted by Crippen LogP contribution is -2.35. The molecule has 0 saturated carbocycles. The number of nitrogens with zero attached hydrogens (tertiary/aromatic N) is 1. The summed E-state index contributed by atoms with van der Waals surface area (Å²) < 4.78 is 11.2. The van der Waals surface area contributed by atoms with E-state index < -0.39 is 4.84 Å². The van der Waals surface area contributed by atoms with Gasteiger partial charge >= 0.3 is 0 Å². The highest BCUT2D eigenvalue weighted by molar-refractivity contribution is 6.53. The second-order valence-electron chi connectivity index (χ2n) is 6.23. The number of hydrogen-bond acceptors (Lipinski definition) is 3. The van der Waals surface area contributed by atoms with Gasteiger partial charge in [0.2, 0.25) is 0 Å². The lowest BCUT2D eigenvalue weighted by molar-refractivity contribution is -0.130. The summed E-state index contributed by atoms with van der Waals surface area (Å²) in [6, 6.07) is 7.80. The average Bonchev–Trinajstić information content (AvgIpc) is 2.64. The molecule has 1 aromatic carbocycles. The zero-order chi connectivity index (χ0) is 19.2. The Morgan fingerprint density at radius 2 is 1.62 bits per heavy atom. The first-order chi connectivity index (χ1) is 12.6. The number of rotatable bonds is 14. The molecule has 26 heavy (non-hydrogen) atoms. The van der Waals surface area contributed by atoms with Crippen molar-refractivity contribution in [2.24, 2.45) is 0 Å². The van der Waals surface area contributed by atoms with Crippen LogP contribution < -0.4 is 4.74 Å². The summed E-state index contributed by atoms with van der Waals surface area (Å²) in [7, 11) is 0. The van der Waals surface area contributed by atoms with Crippen LogP contribution in [-0.2, 0) is 16.1 Å². The van der Waals surface area contributed by atoms with Gasteiger partial charge in [-0.3, -0.25) is 4.79 Å². The third kappa shape index (κ3) is 9.65. The molecule has 0 aliphatic carbocycles. The fourth-order valence-corrected chi connectivity index (χ4v) is 2.63. The van der Waals surface area contributed by atoms with Gasteiger partial charge in [-0.15, -0.1) is 0 Å². The summed E-state index contributed by atoms with van der Waals surface area (Å²) in [4.78, 5) is 12.9. The zero-order valence-corrected chi connectivity index (χ0v) is 17.4. The Hall–Kier alpha value is -0.970. The molecule has 0 bridgehead atoms. The summed E-state index contributed by atoms with van der Waals surface area (Å²) in [6.07, 6.45) is 5.07. The third-order valence-electron chi connectivity index (χ3n) is 3.92. The molecule has 148 valence electrons. The van der Waals surface area contributed by atoms with Gasteiger partial charge < -0.3 is 14.4 Å². The molecule has 0 aromatic heterocycles. The van der Waals surface area contributed by atoms with Gasteiger partial charge in [0.25, 0.3) is 5.91 Å². The van der Waals surface area contributed by atoms with Crippen molar-refractivity contribution in [1.82, 2.24) is 4.90 Å². The Morgan fingerprint density at radius 3 is 2.23 bits per heavy atom. The van der Waals surface area contributed by atoms with Crippen molar-refractivity contribution < 1.29 is 14.3 Å². The molecule has 0 radical (unpaired) electrons. The molecule has 0 heterocycles. The van der Waals surface area contributed by atoms with E-state index in [0.717, 1.165) is 56.6 Å². The van der Waals surface area contributed by atoms with Crippen LogP contribution in [0.5, 0.6) is 5.75 Å². The largest absolute Gasteiger partial charge is 0.494 e. The van der Waals surface area contributed by atoms with Gasteiger partial charge in [0, 0.05) is 26.3 Å². The molecular weight excluding hydrogens is 373 g/mol. The van der Waals surface area contributed by atoms with Crippen molar-refractivity contribution in [1.29, 1.82) is 0 Å². The van der Waals surface area contributed by atoms with Gasteiger partial charge in [0.05, 0.1) is 6.61 Å². The molecule has 1 amide bonds. The highest BCUT2D eigenvalue weighted by Gasteiger charge is 2.20. The first kappa shape index (κ1) is 23.1. The average molecular weight is 404 g/mol. The molecule has 0 fully saturated rings. The second kappa shape index (κ2) is 14.1. The van der Waals surface area contributed by atoms with E-state index in [1.165, 1.54) is 0 Å². The molecule has 0 spiro atoms. The van der Waals surface area contributed by atoms with E-state index in [4.69, 9.17) is 32.7 Å². The Bertz CT molecular complexity index is 494. The van der Waals surface area contributed by atoms with Gasteiger partial charge in [-0.05, 0) is 37.0 Å². The SMILES string of the molecule is CCCCOCCCN(Cc1ccc(OCCCC)cc1)C(=O)C(Cl)Cl. The van der Waals surface area contributed by atoms with Crippen LogP contribution in [0.3, 0.4) is 0 Å². The molecule has 0 unspecified atom stereocenters. The van der Waals surface area contributed by atoms with Crippen molar-refractivity contribution in [3.8, 4) is 5.75 Å². The number of hydrogen-bond donors (Lipinski definition) is 0. The van der Waals surface area contributed by atoms with Crippen LogP contribution in [0.25, 0.3) is 0 Å². The van der Waals surface area contributed by atoms with E-state index >= 15 is 0 Å². The monoisotopic (exact) mass is 403 g/mol. The predicted octanol–water partition coefficient (Wildman–Crippen LogP) is 5.20. The minimum absolute atomic E-state index is 0.273. The van der Waals surface area contributed by atoms with E-state index in [1.807, 2.05) is 24.3 Å². The highest BCUT2D eigenvalue weighted by atomic mass is 35.5. The first-order valence-corrected chi connectivity index (χ1v) is 10.3. The van der Waals surface area contributed by atoms with Gasteiger partial charge in [0.1, 0.15) is 5.75 Å². The molecule has 1 rings (SSSR count). The summed E-state index contributed by atoms with van der Waals surface area (Å²) in [6.45, 7) is 7.41. The summed E-state index contributed by atoms with van der Waals surface area (Å²) >= 11 is 11.6. The minimum Gasteiger partial charge on any atom is -0.494 e. The normalized spacial score (nSPS) is 11.0. The Balaban J connectivity index is 2.52. The van der Waals surface area contributed by atoms with Crippen molar-refractivity contribution in [3.63, 3.8) is 0 Å². The predicted molar refractivity (Wildman–Crippen MR) is 108 cm³/mol. The maximum Gasteiger partial charge on any atom is 0.256 e. The molecule has 0 saturated heterocycles. The van der Waals surface area contributed by atoms with Crippen molar-refractivity contribution in [2.45, 2.75) is 57.3 Å². The summed E-state index contributed by atoms with van der Waals surface area (Å²) in [5.74, 6) is 0.571. The van der Waals surface area contributed by atoms with E-state index in [9.17, 15) is 4.79 Å².